The van der Waals surface area contributed by atoms with Crippen LogP contribution >= 0.6 is 0 Å². The Labute approximate surface area is 161 Å². The summed E-state index contributed by atoms with van der Waals surface area (Å²) in [7, 11) is -3.85. The number of nitriles is 1. The maximum absolute atomic E-state index is 12.9. The summed E-state index contributed by atoms with van der Waals surface area (Å²) in [6.45, 7) is 0. The van der Waals surface area contributed by atoms with Crippen LogP contribution in [0.3, 0.4) is 0 Å². The molecule has 0 bridgehead atoms. The first-order valence-electron chi connectivity index (χ1n) is 8.07. The lowest BCUT2D eigenvalue weighted by atomic mass is 10.2. The molecule has 3 aromatic carbocycles. The van der Waals surface area contributed by atoms with Crippen LogP contribution in [0.5, 0.6) is 0 Å². The van der Waals surface area contributed by atoms with E-state index in [1.54, 1.807) is 0 Å². The molecule has 0 aromatic heterocycles. The normalized spacial score (nSPS) is 10.7. The summed E-state index contributed by atoms with van der Waals surface area (Å²) < 4.78 is 40.2. The molecule has 0 spiro atoms. The summed E-state index contributed by atoms with van der Waals surface area (Å²) in [5.74, 6) is -0.863. The fourth-order valence-corrected chi connectivity index (χ4v) is 3.41. The van der Waals surface area contributed by atoms with E-state index in [0.717, 1.165) is 0 Å². The Balaban J connectivity index is 1.72. The van der Waals surface area contributed by atoms with Gasteiger partial charge in [0.05, 0.1) is 16.5 Å². The zero-order chi connectivity index (χ0) is 20.1. The number of anilines is 2. The van der Waals surface area contributed by atoms with Gasteiger partial charge in [-0.2, -0.15) is 5.26 Å². The molecule has 3 rings (SSSR count). The summed E-state index contributed by atoms with van der Waals surface area (Å²) in [5, 5.41) is 11.4. The Kier molecular flexibility index (Phi) is 5.38. The average Bonchev–Trinajstić information content (AvgIpc) is 2.70. The first-order chi connectivity index (χ1) is 13.4. The zero-order valence-electron chi connectivity index (χ0n) is 14.4. The molecule has 3 aromatic rings. The first kappa shape index (κ1) is 19.1. The summed E-state index contributed by atoms with van der Waals surface area (Å²) in [4.78, 5) is 12.2. The van der Waals surface area contributed by atoms with Gasteiger partial charge in [-0.3, -0.25) is 9.52 Å². The SMILES string of the molecule is N#Cc1ccc(NS(=O)(=O)c2ccc(C(=O)Nc3ccc(F)cc3)cc2)cc1. The van der Waals surface area contributed by atoms with Crippen molar-refractivity contribution >= 4 is 27.3 Å². The van der Waals surface area contributed by atoms with Gasteiger partial charge in [0.15, 0.2) is 0 Å². The van der Waals surface area contributed by atoms with Crippen molar-refractivity contribution < 1.29 is 17.6 Å². The Morgan fingerprint density at radius 1 is 0.857 bits per heavy atom. The minimum Gasteiger partial charge on any atom is -0.322 e. The van der Waals surface area contributed by atoms with Crippen molar-refractivity contribution in [3.05, 3.63) is 89.7 Å². The molecule has 0 aliphatic rings. The van der Waals surface area contributed by atoms with Crippen LogP contribution < -0.4 is 10.0 Å². The van der Waals surface area contributed by atoms with Gasteiger partial charge in [-0.05, 0) is 72.8 Å². The van der Waals surface area contributed by atoms with Crippen LogP contribution in [0.4, 0.5) is 15.8 Å². The molecular weight excluding hydrogens is 381 g/mol. The number of carbonyl (C=O) groups is 1. The van der Waals surface area contributed by atoms with Gasteiger partial charge in [0.25, 0.3) is 15.9 Å². The van der Waals surface area contributed by atoms with Crippen LogP contribution in [0.25, 0.3) is 0 Å². The van der Waals surface area contributed by atoms with Gasteiger partial charge in [-0.1, -0.05) is 0 Å². The Bertz CT molecular complexity index is 1140. The second-order valence-corrected chi connectivity index (χ2v) is 7.46. The minimum atomic E-state index is -3.85. The maximum atomic E-state index is 12.9. The molecule has 28 heavy (non-hydrogen) atoms. The Morgan fingerprint density at radius 3 is 2.00 bits per heavy atom. The Morgan fingerprint density at radius 2 is 1.43 bits per heavy atom. The van der Waals surface area contributed by atoms with E-state index in [9.17, 15) is 17.6 Å². The highest BCUT2D eigenvalue weighted by atomic mass is 32.2. The quantitative estimate of drug-likeness (QED) is 0.687. The van der Waals surface area contributed by atoms with Crippen LogP contribution in [-0.2, 0) is 10.0 Å². The van der Waals surface area contributed by atoms with Crippen molar-refractivity contribution in [1.82, 2.24) is 0 Å². The predicted octanol–water partition coefficient (Wildman–Crippen LogP) is 3.75. The van der Waals surface area contributed by atoms with E-state index in [4.69, 9.17) is 5.26 Å². The molecule has 0 aliphatic heterocycles. The number of amides is 1. The number of carbonyl (C=O) groups excluding carboxylic acids is 1. The van der Waals surface area contributed by atoms with E-state index in [1.807, 2.05) is 6.07 Å². The lowest BCUT2D eigenvalue weighted by Gasteiger charge is -2.09. The van der Waals surface area contributed by atoms with Crippen molar-refractivity contribution in [3.8, 4) is 6.07 Å². The lowest BCUT2D eigenvalue weighted by Crippen LogP contribution is -2.14. The number of hydrogen-bond acceptors (Lipinski definition) is 4. The van der Waals surface area contributed by atoms with Crippen LogP contribution in [-0.4, -0.2) is 14.3 Å². The highest BCUT2D eigenvalue weighted by molar-refractivity contribution is 7.92. The van der Waals surface area contributed by atoms with E-state index in [2.05, 4.69) is 10.0 Å². The summed E-state index contributed by atoms with van der Waals surface area (Å²) in [5.41, 5.74) is 1.41. The van der Waals surface area contributed by atoms with Gasteiger partial charge in [0, 0.05) is 16.9 Å². The largest absolute Gasteiger partial charge is 0.322 e. The third-order valence-electron chi connectivity index (χ3n) is 3.80. The summed E-state index contributed by atoms with van der Waals surface area (Å²) in [6, 6.07) is 18.6. The fraction of sp³-hybridized carbons (Fsp3) is 0. The summed E-state index contributed by atoms with van der Waals surface area (Å²) in [6.07, 6.45) is 0. The van der Waals surface area contributed by atoms with Crippen molar-refractivity contribution in [2.75, 3.05) is 10.0 Å². The second kappa shape index (κ2) is 7.90. The van der Waals surface area contributed by atoms with E-state index in [1.165, 1.54) is 72.8 Å². The standard InChI is InChI=1S/C20H14FN3O3S/c21-16-5-9-17(10-6-16)23-20(25)15-3-11-19(12-4-15)28(26,27)24-18-7-1-14(13-22)2-8-18/h1-12,24H,(H,23,25). The lowest BCUT2D eigenvalue weighted by molar-refractivity contribution is 0.102. The molecule has 0 aliphatic carbocycles. The third-order valence-corrected chi connectivity index (χ3v) is 5.19. The van der Waals surface area contributed by atoms with Gasteiger partial charge in [0.2, 0.25) is 0 Å². The smallest absolute Gasteiger partial charge is 0.261 e. The Hall–Kier alpha value is -3.70. The van der Waals surface area contributed by atoms with E-state index < -0.39 is 21.7 Å². The zero-order valence-corrected chi connectivity index (χ0v) is 15.2. The molecule has 1 amide bonds. The van der Waals surface area contributed by atoms with Crippen molar-refractivity contribution in [2.45, 2.75) is 4.90 Å². The second-order valence-electron chi connectivity index (χ2n) is 5.78. The van der Waals surface area contributed by atoms with E-state index in [-0.39, 0.29) is 10.5 Å². The number of sulfonamides is 1. The van der Waals surface area contributed by atoms with Gasteiger partial charge in [0.1, 0.15) is 5.82 Å². The van der Waals surface area contributed by atoms with Crippen LogP contribution in [0.1, 0.15) is 15.9 Å². The number of nitrogens with one attached hydrogen (secondary N) is 2. The van der Waals surface area contributed by atoms with Crippen molar-refractivity contribution in [1.29, 1.82) is 5.26 Å². The minimum absolute atomic E-state index is 0.0183. The van der Waals surface area contributed by atoms with E-state index >= 15 is 0 Å². The van der Waals surface area contributed by atoms with Crippen LogP contribution in [0, 0.1) is 17.1 Å². The third kappa shape index (κ3) is 4.52. The molecular formula is C20H14FN3O3S. The van der Waals surface area contributed by atoms with Crippen molar-refractivity contribution in [2.24, 2.45) is 0 Å². The van der Waals surface area contributed by atoms with Crippen LogP contribution in [0.15, 0.2) is 77.7 Å². The molecule has 140 valence electrons. The molecule has 2 N–H and O–H groups in total. The molecule has 0 radical (unpaired) electrons. The number of rotatable bonds is 5. The van der Waals surface area contributed by atoms with Crippen LogP contribution in [0.2, 0.25) is 0 Å². The predicted molar refractivity (Wildman–Crippen MR) is 103 cm³/mol. The molecule has 0 saturated carbocycles. The molecule has 0 heterocycles. The number of nitrogens with zero attached hydrogens (tertiary/aromatic N) is 1. The molecule has 0 unspecified atom stereocenters. The van der Waals surface area contributed by atoms with Crippen molar-refractivity contribution in [3.63, 3.8) is 0 Å². The number of halogens is 1. The van der Waals surface area contributed by atoms with Gasteiger partial charge in [-0.15, -0.1) is 0 Å². The fourth-order valence-electron chi connectivity index (χ4n) is 2.35. The number of hydrogen-bond donors (Lipinski definition) is 2. The highest BCUT2D eigenvalue weighted by Gasteiger charge is 2.15. The van der Waals surface area contributed by atoms with Gasteiger partial charge in [-0.25, -0.2) is 12.8 Å². The average molecular weight is 395 g/mol. The topological polar surface area (TPSA) is 99.1 Å². The highest BCUT2D eigenvalue weighted by Crippen LogP contribution is 2.18. The molecule has 0 fully saturated rings. The summed E-state index contributed by atoms with van der Waals surface area (Å²) >= 11 is 0. The van der Waals surface area contributed by atoms with E-state index in [0.29, 0.717) is 16.9 Å². The van der Waals surface area contributed by atoms with Gasteiger partial charge < -0.3 is 5.32 Å². The molecule has 0 saturated heterocycles. The number of benzene rings is 3. The molecule has 8 heteroatoms. The molecule has 6 nitrogen and oxygen atoms in total. The maximum Gasteiger partial charge on any atom is 0.261 e. The monoisotopic (exact) mass is 395 g/mol. The van der Waals surface area contributed by atoms with Gasteiger partial charge >= 0.3 is 0 Å². The first-order valence-corrected chi connectivity index (χ1v) is 9.56. The molecule has 0 atom stereocenters.